The fourth-order valence-electron chi connectivity index (χ4n) is 2.23. The van der Waals surface area contributed by atoms with E-state index in [0.717, 1.165) is 30.5 Å². The Kier molecular flexibility index (Phi) is 6.95. The van der Waals surface area contributed by atoms with Gasteiger partial charge < -0.3 is 19.9 Å². The van der Waals surface area contributed by atoms with Gasteiger partial charge in [0.2, 0.25) is 5.91 Å². The first-order chi connectivity index (χ1) is 11.0. The lowest BCUT2D eigenvalue weighted by Crippen LogP contribution is -3.12. The second kappa shape index (κ2) is 8.73. The first-order valence-electron chi connectivity index (χ1n) is 7.36. The molecule has 0 atom stereocenters. The molecule has 126 valence electrons. The number of methoxy groups -OCH3 is 1. The van der Waals surface area contributed by atoms with Crippen molar-refractivity contribution >= 4 is 51.5 Å². The maximum atomic E-state index is 12.0. The number of nitrogens with zero attached hydrogens (tertiary/aromatic N) is 1. The largest absolute Gasteiger partial charge is 0.495 e. The average Bonchev–Trinajstić information content (AvgIpc) is 2.53. The lowest BCUT2D eigenvalue weighted by Gasteiger charge is -2.31. The zero-order valence-electron chi connectivity index (χ0n) is 13.2. The Labute approximate surface area is 151 Å². The average molecular weight is 375 g/mol. The molecule has 1 amide bonds. The van der Waals surface area contributed by atoms with Gasteiger partial charge in [0.25, 0.3) is 0 Å². The van der Waals surface area contributed by atoms with E-state index in [1.807, 2.05) is 0 Å². The van der Waals surface area contributed by atoms with E-state index in [2.05, 4.69) is 17.3 Å². The van der Waals surface area contributed by atoms with Crippen LogP contribution < -0.4 is 15.0 Å². The molecule has 23 heavy (non-hydrogen) atoms. The van der Waals surface area contributed by atoms with Gasteiger partial charge in [0, 0.05) is 5.69 Å². The number of thioether (sulfide) groups is 1. The molecule has 8 heteroatoms. The van der Waals surface area contributed by atoms with Gasteiger partial charge in [-0.15, -0.1) is 0 Å². The number of carbonyl (C=O) groups is 1. The predicted molar refractivity (Wildman–Crippen MR) is 99.9 cm³/mol. The number of amides is 1. The third-order valence-electron chi connectivity index (χ3n) is 3.64. The molecule has 1 aromatic rings. The summed E-state index contributed by atoms with van der Waals surface area (Å²) in [6.45, 7) is 4.06. The molecule has 2 N–H and O–H groups in total. The van der Waals surface area contributed by atoms with Gasteiger partial charge in [-0.1, -0.05) is 35.6 Å². The van der Waals surface area contributed by atoms with Crippen molar-refractivity contribution in [3.63, 3.8) is 0 Å². The Bertz CT molecular complexity index is 578. The third kappa shape index (κ3) is 5.53. The van der Waals surface area contributed by atoms with Crippen LogP contribution in [0.3, 0.4) is 0 Å². The zero-order chi connectivity index (χ0) is 16.8. The first-order valence-corrected chi connectivity index (χ1v) is 9.13. The normalized spacial score (nSPS) is 15.3. The molecule has 1 fully saturated rings. The highest BCUT2D eigenvalue weighted by Crippen LogP contribution is 2.27. The van der Waals surface area contributed by atoms with Crippen LogP contribution in [0.2, 0.25) is 5.02 Å². The minimum absolute atomic E-state index is 0.0988. The van der Waals surface area contributed by atoms with E-state index >= 15 is 0 Å². The topological polar surface area (TPSA) is 46.0 Å². The quantitative estimate of drug-likeness (QED) is 0.774. The maximum Gasteiger partial charge on any atom is 0.234 e. The molecule has 1 aliphatic rings. The highest BCUT2D eigenvalue weighted by molar-refractivity contribution is 8.23. The Morgan fingerprint density at radius 2 is 2.17 bits per heavy atom. The van der Waals surface area contributed by atoms with Crippen LogP contribution in [0.25, 0.3) is 0 Å². The molecule has 1 saturated heterocycles. The van der Waals surface area contributed by atoms with Crippen molar-refractivity contribution in [3.05, 3.63) is 23.2 Å². The molecule has 0 radical (unpaired) electrons. The fraction of sp³-hybridized carbons (Fsp3) is 0.467. The summed E-state index contributed by atoms with van der Waals surface area (Å²) in [5.41, 5.74) is 0.649. The number of hydrogen-bond donors (Lipinski definition) is 2. The van der Waals surface area contributed by atoms with Gasteiger partial charge in [0.15, 0.2) is 0 Å². The maximum absolute atomic E-state index is 12.0. The number of hydrogen-bond acceptors (Lipinski definition) is 4. The third-order valence-corrected chi connectivity index (χ3v) is 5.46. The number of anilines is 1. The molecule has 2 rings (SSSR count). The van der Waals surface area contributed by atoms with Crippen molar-refractivity contribution in [2.24, 2.45) is 0 Å². The number of carbonyl (C=O) groups excluding carboxylic acids is 1. The van der Waals surface area contributed by atoms with Crippen LogP contribution in [0.1, 0.15) is 0 Å². The molecule has 1 heterocycles. The SMILES string of the molecule is COc1ccc(NC(=O)CSC(=S)N2CC[NH+](C)CC2)cc1Cl. The smallest absolute Gasteiger partial charge is 0.234 e. The van der Waals surface area contributed by atoms with Crippen LogP contribution in [-0.2, 0) is 4.79 Å². The van der Waals surface area contributed by atoms with E-state index in [9.17, 15) is 4.79 Å². The van der Waals surface area contributed by atoms with Crippen molar-refractivity contribution in [3.8, 4) is 5.75 Å². The number of piperazine rings is 1. The number of halogens is 1. The molecule has 0 spiro atoms. The summed E-state index contributed by atoms with van der Waals surface area (Å²) < 4.78 is 5.88. The Morgan fingerprint density at radius 1 is 1.48 bits per heavy atom. The van der Waals surface area contributed by atoms with Gasteiger partial charge in [0.1, 0.15) is 10.1 Å². The molecule has 1 aromatic carbocycles. The molecule has 0 aliphatic carbocycles. The number of quaternary nitrogens is 1. The summed E-state index contributed by atoms with van der Waals surface area (Å²) >= 11 is 12.9. The van der Waals surface area contributed by atoms with Gasteiger partial charge in [-0.05, 0) is 18.2 Å². The van der Waals surface area contributed by atoms with E-state index in [1.165, 1.54) is 16.7 Å². The number of likely N-dealkylation sites (N-methyl/N-ethyl adjacent to an activating group) is 1. The molecule has 0 bridgehead atoms. The van der Waals surface area contributed by atoms with E-state index in [-0.39, 0.29) is 5.91 Å². The Morgan fingerprint density at radius 3 is 2.78 bits per heavy atom. The van der Waals surface area contributed by atoms with Gasteiger partial charge in [0.05, 0.1) is 51.1 Å². The monoisotopic (exact) mass is 374 g/mol. The number of ether oxygens (including phenoxy) is 1. The second-order valence-corrected chi connectivity index (χ2v) is 7.41. The molecule has 0 unspecified atom stereocenters. The highest BCUT2D eigenvalue weighted by atomic mass is 35.5. The van der Waals surface area contributed by atoms with Crippen molar-refractivity contribution in [2.45, 2.75) is 0 Å². The summed E-state index contributed by atoms with van der Waals surface area (Å²) in [5.74, 6) is 0.776. The summed E-state index contributed by atoms with van der Waals surface area (Å²) in [7, 11) is 3.73. The Hall–Kier alpha value is -1.02. The standard InChI is InChI=1S/C15H20ClN3O2S2/c1-18-5-7-19(8-6-18)15(22)23-10-14(20)17-11-3-4-13(21-2)12(16)9-11/h3-4,9H,5-8,10H2,1-2H3,(H,17,20)/p+1. The van der Waals surface area contributed by atoms with Crippen LogP contribution in [0.15, 0.2) is 18.2 Å². The lowest BCUT2D eigenvalue weighted by atomic mass is 10.3. The number of benzene rings is 1. The summed E-state index contributed by atoms with van der Waals surface area (Å²) in [6.07, 6.45) is 0. The van der Waals surface area contributed by atoms with Crippen LogP contribution in [0.4, 0.5) is 5.69 Å². The summed E-state index contributed by atoms with van der Waals surface area (Å²) in [6, 6.07) is 5.15. The minimum atomic E-state index is -0.0988. The van der Waals surface area contributed by atoms with E-state index in [4.69, 9.17) is 28.6 Å². The molecular weight excluding hydrogens is 354 g/mol. The molecule has 0 saturated carbocycles. The number of rotatable bonds is 4. The first kappa shape index (κ1) is 18.3. The molecule has 0 aromatic heterocycles. The van der Waals surface area contributed by atoms with E-state index < -0.39 is 0 Å². The lowest BCUT2D eigenvalue weighted by molar-refractivity contribution is -0.883. The zero-order valence-corrected chi connectivity index (χ0v) is 15.6. The van der Waals surface area contributed by atoms with Crippen molar-refractivity contribution in [1.29, 1.82) is 0 Å². The highest BCUT2D eigenvalue weighted by Gasteiger charge is 2.19. The minimum Gasteiger partial charge on any atom is -0.495 e. The number of nitrogens with one attached hydrogen (secondary N) is 2. The van der Waals surface area contributed by atoms with E-state index in [0.29, 0.717) is 22.2 Å². The van der Waals surface area contributed by atoms with Crippen LogP contribution in [0, 0.1) is 0 Å². The van der Waals surface area contributed by atoms with Gasteiger partial charge in [-0.3, -0.25) is 4.79 Å². The predicted octanol–water partition coefficient (Wildman–Crippen LogP) is 1.14. The Balaban J connectivity index is 1.78. The van der Waals surface area contributed by atoms with Crippen LogP contribution in [-0.4, -0.2) is 61.2 Å². The van der Waals surface area contributed by atoms with Gasteiger partial charge in [-0.2, -0.15) is 0 Å². The number of thiocarbonyl (C=S) groups is 1. The van der Waals surface area contributed by atoms with Crippen molar-refractivity contribution in [2.75, 3.05) is 51.4 Å². The molecule has 1 aliphatic heterocycles. The summed E-state index contributed by atoms with van der Waals surface area (Å²) in [5, 5.41) is 3.28. The second-order valence-electron chi connectivity index (χ2n) is 5.40. The fourth-order valence-corrected chi connectivity index (χ4v) is 3.54. The van der Waals surface area contributed by atoms with E-state index in [1.54, 1.807) is 25.3 Å². The van der Waals surface area contributed by atoms with Crippen LogP contribution in [0.5, 0.6) is 5.75 Å². The van der Waals surface area contributed by atoms with Crippen molar-refractivity contribution < 1.29 is 14.4 Å². The summed E-state index contributed by atoms with van der Waals surface area (Å²) in [4.78, 5) is 15.7. The molecule has 5 nitrogen and oxygen atoms in total. The van der Waals surface area contributed by atoms with Gasteiger partial charge in [-0.25, -0.2) is 0 Å². The van der Waals surface area contributed by atoms with Crippen molar-refractivity contribution in [1.82, 2.24) is 4.90 Å². The van der Waals surface area contributed by atoms with Gasteiger partial charge >= 0.3 is 0 Å². The van der Waals surface area contributed by atoms with Crippen LogP contribution >= 0.6 is 35.6 Å². The molecular formula is C15H21ClN3O2S2+.